The first-order valence-electron chi connectivity index (χ1n) is 8.90. The third-order valence-corrected chi connectivity index (χ3v) is 5.21. The molecule has 2 rings (SSSR count). The SMILES string of the molecule is CC[C@@H](C(=O)NC)N(Cc1ccccc1)C(=O)COc1ccc(Br)c(C)c1. The van der Waals surface area contributed by atoms with E-state index in [0.717, 1.165) is 15.6 Å². The maximum Gasteiger partial charge on any atom is 0.261 e. The lowest BCUT2D eigenvalue weighted by atomic mass is 10.1. The molecule has 0 spiro atoms. The predicted octanol–water partition coefficient (Wildman–Crippen LogP) is 3.69. The second-order valence-corrected chi connectivity index (χ2v) is 7.10. The van der Waals surface area contributed by atoms with Gasteiger partial charge in [-0.25, -0.2) is 0 Å². The molecule has 1 atom stereocenters. The number of nitrogens with zero attached hydrogens (tertiary/aromatic N) is 1. The zero-order valence-electron chi connectivity index (χ0n) is 15.9. The van der Waals surface area contributed by atoms with E-state index in [-0.39, 0.29) is 18.4 Å². The van der Waals surface area contributed by atoms with Crippen LogP contribution in [0, 0.1) is 6.92 Å². The van der Waals surface area contributed by atoms with Gasteiger partial charge in [0, 0.05) is 18.1 Å². The van der Waals surface area contributed by atoms with Crippen LogP contribution in [-0.4, -0.2) is 36.4 Å². The first kappa shape index (κ1) is 21.0. The van der Waals surface area contributed by atoms with Gasteiger partial charge in [-0.05, 0) is 42.7 Å². The van der Waals surface area contributed by atoms with Crippen LogP contribution >= 0.6 is 15.9 Å². The van der Waals surface area contributed by atoms with Gasteiger partial charge in [-0.15, -0.1) is 0 Å². The third-order valence-electron chi connectivity index (χ3n) is 4.32. The summed E-state index contributed by atoms with van der Waals surface area (Å²) in [5.74, 6) is 0.216. The molecular formula is C21H25BrN2O3. The maximum atomic E-state index is 12.9. The number of ether oxygens (including phenoxy) is 1. The fourth-order valence-electron chi connectivity index (χ4n) is 2.80. The highest BCUT2D eigenvalue weighted by Gasteiger charge is 2.28. The predicted molar refractivity (Wildman–Crippen MR) is 110 cm³/mol. The van der Waals surface area contributed by atoms with Gasteiger partial charge >= 0.3 is 0 Å². The minimum atomic E-state index is -0.544. The molecule has 1 N–H and O–H groups in total. The molecular weight excluding hydrogens is 408 g/mol. The standard InChI is InChI=1S/C21H25BrN2O3/c1-4-19(21(26)23-3)24(13-16-8-6-5-7-9-16)20(25)14-27-17-10-11-18(22)15(2)12-17/h5-12,19H,4,13-14H2,1-3H3,(H,23,26)/t19-/m0/s1. The lowest BCUT2D eigenvalue weighted by Crippen LogP contribution is -2.49. The number of likely N-dealkylation sites (N-methyl/N-ethyl adjacent to an activating group) is 1. The summed E-state index contributed by atoms with van der Waals surface area (Å²) in [4.78, 5) is 26.8. The van der Waals surface area contributed by atoms with Crippen molar-refractivity contribution in [3.8, 4) is 5.75 Å². The fourth-order valence-corrected chi connectivity index (χ4v) is 3.05. The van der Waals surface area contributed by atoms with Crippen molar-refractivity contribution in [2.24, 2.45) is 0 Å². The number of amides is 2. The van der Waals surface area contributed by atoms with E-state index in [9.17, 15) is 9.59 Å². The Balaban J connectivity index is 2.16. The van der Waals surface area contributed by atoms with Crippen LogP contribution in [0.4, 0.5) is 0 Å². The second-order valence-electron chi connectivity index (χ2n) is 6.25. The van der Waals surface area contributed by atoms with Crippen LogP contribution in [0.3, 0.4) is 0 Å². The van der Waals surface area contributed by atoms with Crippen LogP contribution in [-0.2, 0) is 16.1 Å². The molecule has 0 aliphatic carbocycles. The Morgan fingerprint density at radius 3 is 2.48 bits per heavy atom. The lowest BCUT2D eigenvalue weighted by molar-refractivity contribution is -0.142. The monoisotopic (exact) mass is 432 g/mol. The Kier molecular flexibility index (Phi) is 7.85. The molecule has 0 aliphatic rings. The van der Waals surface area contributed by atoms with E-state index in [1.54, 1.807) is 11.9 Å². The van der Waals surface area contributed by atoms with Gasteiger partial charge in [0.15, 0.2) is 6.61 Å². The first-order valence-corrected chi connectivity index (χ1v) is 9.69. The summed E-state index contributed by atoms with van der Waals surface area (Å²) in [6, 6.07) is 14.7. The summed E-state index contributed by atoms with van der Waals surface area (Å²) < 4.78 is 6.67. The number of halogens is 1. The second kappa shape index (κ2) is 10.1. The molecule has 2 amide bonds. The molecule has 27 heavy (non-hydrogen) atoms. The van der Waals surface area contributed by atoms with Crippen molar-refractivity contribution >= 4 is 27.7 Å². The molecule has 0 unspecified atom stereocenters. The first-order chi connectivity index (χ1) is 13.0. The number of carbonyl (C=O) groups is 2. The summed E-state index contributed by atoms with van der Waals surface area (Å²) >= 11 is 3.45. The number of carbonyl (C=O) groups excluding carboxylic acids is 2. The van der Waals surface area contributed by atoms with E-state index in [2.05, 4.69) is 21.2 Å². The Morgan fingerprint density at radius 2 is 1.89 bits per heavy atom. The molecule has 0 aromatic heterocycles. The quantitative estimate of drug-likeness (QED) is 0.691. The van der Waals surface area contributed by atoms with Gasteiger partial charge < -0.3 is 15.0 Å². The summed E-state index contributed by atoms with van der Waals surface area (Å²) in [5.41, 5.74) is 1.99. The van der Waals surface area contributed by atoms with Crippen molar-refractivity contribution in [3.05, 3.63) is 64.1 Å². The van der Waals surface area contributed by atoms with E-state index >= 15 is 0 Å². The van der Waals surface area contributed by atoms with Crippen molar-refractivity contribution in [2.75, 3.05) is 13.7 Å². The zero-order chi connectivity index (χ0) is 19.8. The summed E-state index contributed by atoms with van der Waals surface area (Å²) in [5, 5.41) is 2.65. The number of benzene rings is 2. The van der Waals surface area contributed by atoms with Gasteiger partial charge in [0.25, 0.3) is 5.91 Å². The van der Waals surface area contributed by atoms with Crippen molar-refractivity contribution in [3.63, 3.8) is 0 Å². The van der Waals surface area contributed by atoms with Gasteiger partial charge in [-0.2, -0.15) is 0 Å². The van der Waals surface area contributed by atoms with E-state index in [1.165, 1.54) is 0 Å². The Morgan fingerprint density at radius 1 is 1.19 bits per heavy atom. The Hall–Kier alpha value is -2.34. The molecule has 0 heterocycles. The molecule has 0 aliphatic heterocycles. The highest BCUT2D eigenvalue weighted by atomic mass is 79.9. The van der Waals surface area contributed by atoms with Crippen molar-refractivity contribution in [1.82, 2.24) is 10.2 Å². The van der Waals surface area contributed by atoms with Crippen LogP contribution in [0.1, 0.15) is 24.5 Å². The van der Waals surface area contributed by atoms with Gasteiger partial charge in [0.05, 0.1) is 0 Å². The number of hydrogen-bond donors (Lipinski definition) is 1. The molecule has 0 bridgehead atoms. The van der Waals surface area contributed by atoms with Gasteiger partial charge in [-0.3, -0.25) is 9.59 Å². The van der Waals surface area contributed by atoms with Crippen LogP contribution in [0.15, 0.2) is 53.0 Å². The van der Waals surface area contributed by atoms with Gasteiger partial charge in [-0.1, -0.05) is 53.2 Å². The van der Waals surface area contributed by atoms with Crippen LogP contribution in [0.2, 0.25) is 0 Å². The van der Waals surface area contributed by atoms with E-state index < -0.39 is 6.04 Å². The molecule has 2 aromatic carbocycles. The fraction of sp³-hybridized carbons (Fsp3) is 0.333. The van der Waals surface area contributed by atoms with Crippen molar-refractivity contribution < 1.29 is 14.3 Å². The van der Waals surface area contributed by atoms with Crippen molar-refractivity contribution in [1.29, 1.82) is 0 Å². The van der Waals surface area contributed by atoms with E-state index in [0.29, 0.717) is 18.7 Å². The topological polar surface area (TPSA) is 58.6 Å². The number of rotatable bonds is 8. The molecule has 5 nitrogen and oxygen atoms in total. The molecule has 144 valence electrons. The number of nitrogens with one attached hydrogen (secondary N) is 1. The molecule has 0 radical (unpaired) electrons. The Bertz CT molecular complexity index is 780. The van der Waals surface area contributed by atoms with Gasteiger partial charge in [0.1, 0.15) is 11.8 Å². The molecule has 6 heteroatoms. The summed E-state index contributed by atoms with van der Waals surface area (Å²) in [7, 11) is 1.58. The lowest BCUT2D eigenvalue weighted by Gasteiger charge is -2.30. The van der Waals surface area contributed by atoms with Crippen LogP contribution < -0.4 is 10.1 Å². The zero-order valence-corrected chi connectivity index (χ0v) is 17.5. The van der Waals surface area contributed by atoms with Crippen molar-refractivity contribution in [2.45, 2.75) is 32.9 Å². The largest absolute Gasteiger partial charge is 0.484 e. The van der Waals surface area contributed by atoms with E-state index in [4.69, 9.17) is 4.74 Å². The van der Waals surface area contributed by atoms with Gasteiger partial charge in [0.2, 0.25) is 5.91 Å². The minimum absolute atomic E-state index is 0.124. The number of hydrogen-bond acceptors (Lipinski definition) is 3. The smallest absolute Gasteiger partial charge is 0.261 e. The normalized spacial score (nSPS) is 11.6. The summed E-state index contributed by atoms with van der Waals surface area (Å²) in [6.07, 6.45) is 0.523. The third kappa shape index (κ3) is 5.82. The Labute approximate surface area is 168 Å². The molecule has 2 aromatic rings. The van der Waals surface area contributed by atoms with E-state index in [1.807, 2.05) is 62.4 Å². The molecule has 0 fully saturated rings. The number of aryl methyl sites for hydroxylation is 1. The highest BCUT2D eigenvalue weighted by molar-refractivity contribution is 9.10. The average Bonchev–Trinajstić information content (AvgIpc) is 2.69. The maximum absolute atomic E-state index is 12.9. The molecule has 0 saturated heterocycles. The van der Waals surface area contributed by atoms with Crippen LogP contribution in [0.25, 0.3) is 0 Å². The van der Waals surface area contributed by atoms with Crippen LogP contribution in [0.5, 0.6) is 5.75 Å². The minimum Gasteiger partial charge on any atom is -0.484 e. The summed E-state index contributed by atoms with van der Waals surface area (Å²) in [6.45, 7) is 4.08. The average molecular weight is 433 g/mol. The highest BCUT2D eigenvalue weighted by Crippen LogP contribution is 2.22. The molecule has 0 saturated carbocycles.